The van der Waals surface area contributed by atoms with E-state index in [4.69, 9.17) is 4.74 Å². The summed E-state index contributed by atoms with van der Waals surface area (Å²) in [5.41, 5.74) is 2.65. The second kappa shape index (κ2) is 9.50. The number of thiazole rings is 1. The molecule has 1 N–H and O–H groups in total. The normalized spacial score (nSPS) is 14.4. The van der Waals surface area contributed by atoms with Crippen molar-refractivity contribution in [3.8, 4) is 11.6 Å². The molecule has 1 amide bonds. The Morgan fingerprint density at radius 3 is 2.61 bits per heavy atom. The van der Waals surface area contributed by atoms with Gasteiger partial charge in [-0.05, 0) is 49.2 Å². The second-order valence-corrected chi connectivity index (χ2v) is 8.80. The molecular formula is C24H22FN5O2S. The van der Waals surface area contributed by atoms with E-state index in [9.17, 15) is 9.18 Å². The van der Waals surface area contributed by atoms with Crippen LogP contribution in [0.4, 0.5) is 15.2 Å². The van der Waals surface area contributed by atoms with Crippen LogP contribution in [0.1, 0.15) is 24.5 Å². The van der Waals surface area contributed by atoms with Crippen LogP contribution in [-0.4, -0.2) is 45.5 Å². The van der Waals surface area contributed by atoms with E-state index in [0.29, 0.717) is 37.6 Å². The third-order valence-electron chi connectivity index (χ3n) is 5.65. The first kappa shape index (κ1) is 21.3. The lowest BCUT2D eigenvalue weighted by molar-refractivity contribution is -0.133. The van der Waals surface area contributed by atoms with Crippen LogP contribution in [0.2, 0.25) is 0 Å². The Morgan fingerprint density at radius 1 is 1.09 bits per heavy atom. The molecule has 168 valence electrons. The van der Waals surface area contributed by atoms with Gasteiger partial charge in [0.15, 0.2) is 11.8 Å². The lowest BCUT2D eigenvalue weighted by Gasteiger charge is -2.31. The van der Waals surface area contributed by atoms with Crippen molar-refractivity contribution >= 4 is 38.3 Å². The van der Waals surface area contributed by atoms with Gasteiger partial charge in [-0.15, -0.1) is 0 Å². The molecule has 1 fully saturated rings. The van der Waals surface area contributed by atoms with Crippen molar-refractivity contribution in [1.82, 2.24) is 19.9 Å². The number of aromatic nitrogens is 3. The predicted molar refractivity (Wildman–Crippen MR) is 126 cm³/mol. The van der Waals surface area contributed by atoms with Crippen LogP contribution in [0.5, 0.6) is 11.6 Å². The molecule has 9 heteroatoms. The molecule has 1 saturated heterocycles. The Morgan fingerprint density at radius 2 is 1.85 bits per heavy atom. The molecule has 1 aliphatic heterocycles. The highest BCUT2D eigenvalue weighted by molar-refractivity contribution is 7.22. The van der Waals surface area contributed by atoms with Gasteiger partial charge in [0.2, 0.25) is 5.88 Å². The molecule has 0 bridgehead atoms. The van der Waals surface area contributed by atoms with Crippen molar-refractivity contribution in [2.24, 2.45) is 0 Å². The monoisotopic (exact) mass is 463 g/mol. The molecule has 5 rings (SSSR count). The Labute approximate surface area is 194 Å². The predicted octanol–water partition coefficient (Wildman–Crippen LogP) is 5.30. The van der Waals surface area contributed by atoms with Crippen molar-refractivity contribution in [3.63, 3.8) is 0 Å². The molecule has 0 unspecified atom stereocenters. The molecule has 4 aromatic rings. The number of carbonyl (C=O) groups is 1. The van der Waals surface area contributed by atoms with E-state index >= 15 is 0 Å². The summed E-state index contributed by atoms with van der Waals surface area (Å²) in [5.74, 6) is 0.761. The molecule has 0 spiro atoms. The van der Waals surface area contributed by atoms with Gasteiger partial charge in [0.05, 0.1) is 10.2 Å². The van der Waals surface area contributed by atoms with E-state index < -0.39 is 12.6 Å². The quantitative estimate of drug-likeness (QED) is 0.418. The molecule has 0 radical (unpaired) electrons. The number of nitrogens with one attached hydrogen (secondary N) is 1. The van der Waals surface area contributed by atoms with Gasteiger partial charge in [-0.25, -0.2) is 14.4 Å². The number of nitrogens with zero attached hydrogens (tertiary/aromatic N) is 4. The molecule has 0 saturated carbocycles. The summed E-state index contributed by atoms with van der Waals surface area (Å²) >= 11 is 1.60. The number of carbonyl (C=O) groups excluding carboxylic acids is 1. The number of ether oxygens (including phenoxy) is 1. The minimum atomic E-state index is -0.950. The first-order valence-electron chi connectivity index (χ1n) is 10.7. The smallest absolute Gasteiger partial charge is 0.253 e. The summed E-state index contributed by atoms with van der Waals surface area (Å²) in [5, 5.41) is 4.16. The van der Waals surface area contributed by atoms with Crippen molar-refractivity contribution in [1.29, 1.82) is 0 Å². The minimum absolute atomic E-state index is 0.109. The highest BCUT2D eigenvalue weighted by Gasteiger charge is 2.27. The van der Waals surface area contributed by atoms with Gasteiger partial charge in [0, 0.05) is 37.1 Å². The summed E-state index contributed by atoms with van der Waals surface area (Å²) in [6, 6.07) is 15.6. The molecule has 1 aliphatic rings. The van der Waals surface area contributed by atoms with Gasteiger partial charge >= 0.3 is 0 Å². The minimum Gasteiger partial charge on any atom is -0.437 e. The summed E-state index contributed by atoms with van der Waals surface area (Å²) in [7, 11) is 0. The zero-order chi connectivity index (χ0) is 22.6. The number of likely N-dealkylation sites (tertiary alicyclic amines) is 1. The Hall–Kier alpha value is -3.59. The van der Waals surface area contributed by atoms with Crippen LogP contribution in [0, 0.1) is 0 Å². The van der Waals surface area contributed by atoms with Gasteiger partial charge < -0.3 is 15.0 Å². The number of piperidine rings is 1. The molecule has 0 atom stereocenters. The van der Waals surface area contributed by atoms with Crippen molar-refractivity contribution < 1.29 is 13.9 Å². The molecule has 7 nitrogen and oxygen atoms in total. The standard InChI is InChI=1S/C24H22FN5O2S/c25-15-21(31)30-13-9-16(10-14-30)22-23(27-12-11-26-22)32-18-7-5-17(6-8-18)28-24-29-19-3-1-2-4-20(19)33-24/h1-8,11-12,16H,9-10,13-15H2,(H,28,29). The summed E-state index contributed by atoms with van der Waals surface area (Å²) in [6.07, 6.45) is 4.65. The van der Waals surface area contributed by atoms with Crippen molar-refractivity contribution in [3.05, 3.63) is 66.6 Å². The van der Waals surface area contributed by atoms with E-state index in [2.05, 4.69) is 26.3 Å². The number of rotatable bonds is 6. The first-order chi connectivity index (χ1) is 16.2. The van der Waals surface area contributed by atoms with Crippen molar-refractivity contribution in [2.45, 2.75) is 18.8 Å². The number of halogens is 1. The zero-order valence-corrected chi connectivity index (χ0v) is 18.6. The lowest BCUT2D eigenvalue weighted by atomic mass is 9.93. The highest BCUT2D eigenvalue weighted by Crippen LogP contribution is 2.34. The average Bonchev–Trinajstić information content (AvgIpc) is 3.27. The van der Waals surface area contributed by atoms with Crippen LogP contribution < -0.4 is 10.1 Å². The number of amides is 1. The number of para-hydroxylation sites is 1. The molecule has 2 aromatic carbocycles. The van der Waals surface area contributed by atoms with Gasteiger partial charge in [0.25, 0.3) is 5.91 Å². The molecule has 33 heavy (non-hydrogen) atoms. The summed E-state index contributed by atoms with van der Waals surface area (Å²) in [6.45, 7) is 0.0686. The van der Waals surface area contributed by atoms with Gasteiger partial charge in [0.1, 0.15) is 11.4 Å². The molecule has 0 aliphatic carbocycles. The van der Waals surface area contributed by atoms with E-state index in [1.807, 2.05) is 42.5 Å². The fraction of sp³-hybridized carbons (Fsp3) is 0.250. The number of hydrogen-bond donors (Lipinski definition) is 1. The Kier molecular flexibility index (Phi) is 6.12. The van der Waals surface area contributed by atoms with Crippen LogP contribution in [-0.2, 0) is 4.79 Å². The highest BCUT2D eigenvalue weighted by atomic mass is 32.1. The maximum absolute atomic E-state index is 12.7. The number of anilines is 2. The third-order valence-corrected chi connectivity index (χ3v) is 6.61. The summed E-state index contributed by atoms with van der Waals surface area (Å²) < 4.78 is 19.8. The number of hydrogen-bond acceptors (Lipinski definition) is 7. The van der Waals surface area contributed by atoms with E-state index in [0.717, 1.165) is 26.7 Å². The average molecular weight is 464 g/mol. The van der Waals surface area contributed by atoms with Gasteiger partial charge in [-0.3, -0.25) is 9.78 Å². The molecule has 3 heterocycles. The fourth-order valence-electron chi connectivity index (χ4n) is 3.95. The third kappa shape index (κ3) is 4.78. The number of benzene rings is 2. The van der Waals surface area contributed by atoms with E-state index in [1.165, 1.54) is 0 Å². The van der Waals surface area contributed by atoms with E-state index in [-0.39, 0.29) is 5.92 Å². The maximum atomic E-state index is 12.7. The molecule has 2 aromatic heterocycles. The summed E-state index contributed by atoms with van der Waals surface area (Å²) in [4.78, 5) is 26.6. The van der Waals surface area contributed by atoms with Crippen LogP contribution >= 0.6 is 11.3 Å². The zero-order valence-electron chi connectivity index (χ0n) is 17.8. The fourth-order valence-corrected chi connectivity index (χ4v) is 4.83. The largest absolute Gasteiger partial charge is 0.437 e. The number of fused-ring (bicyclic) bond motifs is 1. The first-order valence-corrected chi connectivity index (χ1v) is 11.6. The van der Waals surface area contributed by atoms with Crippen LogP contribution in [0.3, 0.4) is 0 Å². The maximum Gasteiger partial charge on any atom is 0.253 e. The van der Waals surface area contributed by atoms with Crippen LogP contribution in [0.15, 0.2) is 60.9 Å². The Balaban J connectivity index is 1.26. The Bertz CT molecular complexity index is 1220. The number of alkyl halides is 1. The lowest BCUT2D eigenvalue weighted by Crippen LogP contribution is -2.38. The van der Waals surface area contributed by atoms with Gasteiger partial charge in [-0.1, -0.05) is 23.5 Å². The second-order valence-electron chi connectivity index (χ2n) is 7.77. The molecular weight excluding hydrogens is 441 g/mol. The SMILES string of the molecule is O=C(CF)N1CCC(c2nccnc2Oc2ccc(Nc3nc4ccccc4s3)cc2)CC1. The topological polar surface area (TPSA) is 80.2 Å². The van der Waals surface area contributed by atoms with Crippen LogP contribution in [0.25, 0.3) is 10.2 Å². The van der Waals surface area contributed by atoms with Crippen molar-refractivity contribution in [2.75, 3.05) is 25.1 Å². The van der Waals surface area contributed by atoms with Gasteiger partial charge in [-0.2, -0.15) is 0 Å². The van der Waals surface area contributed by atoms with E-state index in [1.54, 1.807) is 28.6 Å².